The third-order valence-corrected chi connectivity index (χ3v) is 4.39. The molecule has 0 spiro atoms. The van der Waals surface area contributed by atoms with Crippen molar-refractivity contribution in [1.29, 1.82) is 0 Å². The van der Waals surface area contributed by atoms with Gasteiger partial charge in [0.05, 0.1) is 18.3 Å². The van der Waals surface area contributed by atoms with Crippen LogP contribution in [0.2, 0.25) is 0 Å². The Bertz CT molecular complexity index is 909. The summed E-state index contributed by atoms with van der Waals surface area (Å²) in [6.07, 6.45) is 8.75. The second-order valence-electron chi connectivity index (χ2n) is 6.06. The van der Waals surface area contributed by atoms with Gasteiger partial charge < -0.3 is 4.57 Å². The van der Waals surface area contributed by atoms with E-state index < -0.39 is 0 Å². The molecule has 0 fully saturated rings. The highest BCUT2D eigenvalue weighted by Crippen LogP contribution is 2.33. The van der Waals surface area contributed by atoms with Crippen LogP contribution in [0.1, 0.15) is 23.1 Å². The summed E-state index contributed by atoms with van der Waals surface area (Å²) in [5.41, 5.74) is 5.31. The highest BCUT2D eigenvalue weighted by atomic mass is 16.1. The van der Waals surface area contributed by atoms with E-state index in [1.165, 1.54) is 11.1 Å². The van der Waals surface area contributed by atoms with Gasteiger partial charge in [-0.1, -0.05) is 23.8 Å². The summed E-state index contributed by atoms with van der Waals surface area (Å²) in [6.45, 7) is 3.60. The van der Waals surface area contributed by atoms with Crippen molar-refractivity contribution in [3.05, 3.63) is 70.3 Å². The number of aromatic nitrogens is 4. The molecule has 0 saturated heterocycles. The number of nitrogens with zero attached hydrogens (tertiary/aromatic N) is 4. The minimum Gasteiger partial charge on any atom is -0.337 e. The first kappa shape index (κ1) is 13.9. The fourth-order valence-corrected chi connectivity index (χ4v) is 3.22. The van der Waals surface area contributed by atoms with E-state index >= 15 is 0 Å². The van der Waals surface area contributed by atoms with Crippen LogP contribution in [0.25, 0.3) is 11.3 Å². The number of rotatable bonds is 4. The van der Waals surface area contributed by atoms with Crippen LogP contribution in [0.15, 0.2) is 48.0 Å². The second-order valence-corrected chi connectivity index (χ2v) is 6.06. The highest BCUT2D eigenvalue weighted by Gasteiger charge is 2.23. The normalized spacial score (nSPS) is 12.2. The summed E-state index contributed by atoms with van der Waals surface area (Å²) in [5.74, 6) is 0. The monoisotopic (exact) mass is 306 g/mol. The Hall–Kier alpha value is -2.69. The van der Waals surface area contributed by atoms with Crippen molar-refractivity contribution in [3.63, 3.8) is 0 Å². The summed E-state index contributed by atoms with van der Waals surface area (Å²) in [6, 6.07) is 6.30. The maximum absolute atomic E-state index is 12.7. The van der Waals surface area contributed by atoms with Crippen LogP contribution in [0.3, 0.4) is 0 Å². The summed E-state index contributed by atoms with van der Waals surface area (Å²) in [4.78, 5) is 21.3. The average molecular weight is 306 g/mol. The van der Waals surface area contributed by atoms with Gasteiger partial charge in [-0.2, -0.15) is 0 Å². The van der Waals surface area contributed by atoms with Crippen LogP contribution < -0.4 is 5.56 Å². The molecule has 0 radical (unpaired) electrons. The summed E-state index contributed by atoms with van der Waals surface area (Å²) in [7, 11) is 0. The Morgan fingerprint density at radius 2 is 2.13 bits per heavy atom. The lowest BCUT2D eigenvalue weighted by molar-refractivity contribution is 0.545. The van der Waals surface area contributed by atoms with Crippen molar-refractivity contribution in [3.8, 4) is 11.3 Å². The van der Waals surface area contributed by atoms with Gasteiger partial charge in [-0.25, -0.2) is 9.97 Å². The fourth-order valence-electron chi connectivity index (χ4n) is 3.22. The Kier molecular flexibility index (Phi) is 3.33. The number of aryl methyl sites for hydroxylation is 3. The summed E-state index contributed by atoms with van der Waals surface area (Å²) >= 11 is 0. The van der Waals surface area contributed by atoms with Crippen LogP contribution in [-0.2, 0) is 19.5 Å². The molecular formula is C18H18N4O. The van der Waals surface area contributed by atoms with E-state index in [0.717, 1.165) is 29.8 Å². The minimum atomic E-state index is 0.0921. The molecule has 0 bridgehead atoms. The molecule has 1 aliphatic rings. The van der Waals surface area contributed by atoms with E-state index in [1.807, 2.05) is 10.8 Å². The molecular weight excluding hydrogens is 288 g/mol. The zero-order valence-electron chi connectivity index (χ0n) is 13.1. The van der Waals surface area contributed by atoms with Crippen LogP contribution in [0.5, 0.6) is 0 Å². The number of benzene rings is 1. The molecule has 1 aliphatic carbocycles. The SMILES string of the molecule is Cc1ccc2c(c1)Cc1c-2ncn(CCCn2ccnc2)c1=O. The zero-order chi connectivity index (χ0) is 15.8. The zero-order valence-corrected chi connectivity index (χ0v) is 13.1. The van der Waals surface area contributed by atoms with Crippen molar-refractivity contribution < 1.29 is 0 Å². The van der Waals surface area contributed by atoms with Gasteiger partial charge in [-0.3, -0.25) is 9.36 Å². The molecule has 5 heteroatoms. The smallest absolute Gasteiger partial charge is 0.257 e. The molecule has 0 saturated carbocycles. The predicted octanol–water partition coefficient (Wildman–Crippen LogP) is 2.41. The second kappa shape index (κ2) is 5.50. The Morgan fingerprint density at radius 1 is 1.22 bits per heavy atom. The Balaban J connectivity index is 1.57. The van der Waals surface area contributed by atoms with Gasteiger partial charge in [-0.15, -0.1) is 0 Å². The third-order valence-electron chi connectivity index (χ3n) is 4.39. The van der Waals surface area contributed by atoms with Crippen LogP contribution >= 0.6 is 0 Å². The van der Waals surface area contributed by atoms with Crippen LogP contribution in [-0.4, -0.2) is 19.1 Å². The molecule has 1 aromatic carbocycles. The summed E-state index contributed by atoms with van der Waals surface area (Å²) < 4.78 is 3.75. The lowest BCUT2D eigenvalue weighted by Gasteiger charge is -2.08. The van der Waals surface area contributed by atoms with Crippen molar-refractivity contribution in [2.75, 3.05) is 0 Å². The molecule has 23 heavy (non-hydrogen) atoms. The largest absolute Gasteiger partial charge is 0.337 e. The van der Waals surface area contributed by atoms with Crippen LogP contribution in [0, 0.1) is 6.92 Å². The maximum Gasteiger partial charge on any atom is 0.257 e. The fraction of sp³-hybridized carbons (Fsp3) is 0.278. The molecule has 4 rings (SSSR count). The van der Waals surface area contributed by atoms with E-state index in [0.29, 0.717) is 13.0 Å². The molecule has 2 heterocycles. The molecule has 2 aromatic heterocycles. The Morgan fingerprint density at radius 3 is 2.96 bits per heavy atom. The first-order chi connectivity index (χ1) is 11.2. The van der Waals surface area contributed by atoms with E-state index in [4.69, 9.17) is 0 Å². The van der Waals surface area contributed by atoms with Crippen LogP contribution in [0.4, 0.5) is 0 Å². The molecule has 0 atom stereocenters. The van der Waals surface area contributed by atoms with Gasteiger partial charge in [0.2, 0.25) is 0 Å². The first-order valence-corrected chi connectivity index (χ1v) is 7.86. The lowest BCUT2D eigenvalue weighted by atomic mass is 10.1. The molecule has 3 aromatic rings. The topological polar surface area (TPSA) is 52.7 Å². The van der Waals surface area contributed by atoms with Crippen molar-refractivity contribution >= 4 is 0 Å². The van der Waals surface area contributed by atoms with Gasteiger partial charge in [0.25, 0.3) is 5.56 Å². The summed E-state index contributed by atoms with van der Waals surface area (Å²) in [5, 5.41) is 0. The maximum atomic E-state index is 12.7. The van der Waals surface area contributed by atoms with Gasteiger partial charge in [0, 0.05) is 43.0 Å². The average Bonchev–Trinajstić information content (AvgIpc) is 3.17. The first-order valence-electron chi connectivity index (χ1n) is 7.86. The van der Waals surface area contributed by atoms with Gasteiger partial charge in [0.15, 0.2) is 0 Å². The predicted molar refractivity (Wildman–Crippen MR) is 88.3 cm³/mol. The lowest BCUT2D eigenvalue weighted by Crippen LogP contribution is -2.24. The number of hydrogen-bond donors (Lipinski definition) is 0. The Labute approximate surface area is 134 Å². The molecule has 5 nitrogen and oxygen atoms in total. The highest BCUT2D eigenvalue weighted by molar-refractivity contribution is 5.73. The molecule has 0 unspecified atom stereocenters. The van der Waals surface area contributed by atoms with Crippen molar-refractivity contribution in [2.45, 2.75) is 32.9 Å². The number of imidazole rings is 1. The van der Waals surface area contributed by atoms with Crippen molar-refractivity contribution in [1.82, 2.24) is 19.1 Å². The van der Waals surface area contributed by atoms with E-state index in [2.05, 4.69) is 35.1 Å². The van der Waals surface area contributed by atoms with Crippen molar-refractivity contribution in [2.24, 2.45) is 0 Å². The van der Waals surface area contributed by atoms with E-state index in [9.17, 15) is 4.79 Å². The third kappa shape index (κ3) is 2.48. The number of fused-ring (bicyclic) bond motifs is 3. The molecule has 0 amide bonds. The van der Waals surface area contributed by atoms with Gasteiger partial charge in [0.1, 0.15) is 0 Å². The quantitative estimate of drug-likeness (QED) is 0.582. The van der Waals surface area contributed by atoms with E-state index in [-0.39, 0.29) is 5.56 Å². The minimum absolute atomic E-state index is 0.0921. The van der Waals surface area contributed by atoms with E-state index in [1.54, 1.807) is 23.4 Å². The van der Waals surface area contributed by atoms with Gasteiger partial charge in [-0.05, 0) is 18.9 Å². The molecule has 0 N–H and O–H groups in total. The molecule has 0 aliphatic heterocycles. The molecule has 116 valence electrons. The standard InChI is InChI=1S/C18H18N4O/c1-13-3-4-15-14(9-13)10-16-17(15)20-12-22(18(16)23)7-2-6-21-8-5-19-11-21/h3-5,8-9,11-12H,2,6-7,10H2,1H3. The number of hydrogen-bond acceptors (Lipinski definition) is 3. The van der Waals surface area contributed by atoms with Gasteiger partial charge >= 0.3 is 0 Å².